The van der Waals surface area contributed by atoms with Gasteiger partial charge in [0.25, 0.3) is 10.0 Å². The Morgan fingerprint density at radius 2 is 2.28 bits per heavy atom. The molecule has 1 aromatic rings. The molecule has 1 unspecified atom stereocenters. The molecule has 102 valence electrons. The van der Waals surface area contributed by atoms with Crippen molar-refractivity contribution in [1.29, 1.82) is 0 Å². The number of aromatic amines is 1. The molecule has 18 heavy (non-hydrogen) atoms. The van der Waals surface area contributed by atoms with Gasteiger partial charge in [-0.1, -0.05) is 0 Å². The van der Waals surface area contributed by atoms with Crippen molar-refractivity contribution >= 4 is 10.0 Å². The first-order valence-electron chi connectivity index (χ1n) is 5.89. The molecule has 1 fully saturated rings. The zero-order valence-corrected chi connectivity index (χ0v) is 11.4. The first kappa shape index (κ1) is 13.5. The Morgan fingerprint density at radius 1 is 1.56 bits per heavy atom. The highest BCUT2D eigenvalue weighted by molar-refractivity contribution is 7.89. The van der Waals surface area contributed by atoms with Crippen LogP contribution in [0.4, 0.5) is 0 Å². The smallest absolute Gasteiger partial charge is 0.260 e. The van der Waals surface area contributed by atoms with Crippen molar-refractivity contribution in [3.63, 3.8) is 0 Å². The summed E-state index contributed by atoms with van der Waals surface area (Å²) in [5.41, 5.74) is 6.05. The zero-order valence-electron chi connectivity index (χ0n) is 10.6. The Bertz CT molecular complexity index is 512. The number of piperazine rings is 1. The summed E-state index contributed by atoms with van der Waals surface area (Å²) in [5, 5.41) is 6.44. The lowest BCUT2D eigenvalue weighted by Gasteiger charge is -2.36. The summed E-state index contributed by atoms with van der Waals surface area (Å²) in [6.45, 7) is 3.88. The molecule has 2 rings (SSSR count). The second-order valence-electron chi connectivity index (χ2n) is 4.62. The van der Waals surface area contributed by atoms with Gasteiger partial charge in [0, 0.05) is 37.8 Å². The van der Waals surface area contributed by atoms with Crippen LogP contribution >= 0.6 is 0 Å². The van der Waals surface area contributed by atoms with Crippen molar-refractivity contribution in [3.8, 4) is 0 Å². The Kier molecular flexibility index (Phi) is 3.71. The second kappa shape index (κ2) is 4.96. The number of rotatable bonds is 3. The summed E-state index contributed by atoms with van der Waals surface area (Å²) < 4.78 is 26.4. The van der Waals surface area contributed by atoms with E-state index in [0.29, 0.717) is 18.7 Å². The first-order chi connectivity index (χ1) is 8.46. The van der Waals surface area contributed by atoms with E-state index in [2.05, 4.69) is 15.1 Å². The standard InChI is InChI=1S/C10H19N5O2S/c1-8-7-15(4-3-14(8)2)18(16,17)10-9(5-11)6-12-13-10/h6,8H,3-5,7,11H2,1-2H3,(H,12,13). The molecule has 3 N–H and O–H groups in total. The number of hydrogen-bond donors (Lipinski definition) is 2. The largest absolute Gasteiger partial charge is 0.326 e. The van der Waals surface area contributed by atoms with Gasteiger partial charge in [0.15, 0.2) is 5.03 Å². The highest BCUT2D eigenvalue weighted by atomic mass is 32.2. The molecular formula is C10H19N5O2S. The molecule has 1 atom stereocenters. The Morgan fingerprint density at radius 3 is 2.89 bits per heavy atom. The van der Waals surface area contributed by atoms with E-state index in [1.54, 1.807) is 0 Å². The molecule has 0 aromatic carbocycles. The van der Waals surface area contributed by atoms with Crippen molar-refractivity contribution in [2.75, 3.05) is 26.7 Å². The summed E-state index contributed by atoms with van der Waals surface area (Å²) in [5.74, 6) is 0. The van der Waals surface area contributed by atoms with E-state index in [9.17, 15) is 8.42 Å². The molecule has 0 radical (unpaired) electrons. The van der Waals surface area contributed by atoms with Gasteiger partial charge in [0.05, 0.1) is 6.20 Å². The van der Waals surface area contributed by atoms with Crippen LogP contribution in [-0.4, -0.2) is 60.5 Å². The van der Waals surface area contributed by atoms with Crippen LogP contribution in [0.2, 0.25) is 0 Å². The Hall–Kier alpha value is -0.960. The topological polar surface area (TPSA) is 95.3 Å². The fourth-order valence-electron chi connectivity index (χ4n) is 2.03. The Balaban J connectivity index is 2.27. The van der Waals surface area contributed by atoms with Crippen LogP contribution in [-0.2, 0) is 16.6 Å². The number of sulfonamides is 1. The third-order valence-electron chi connectivity index (χ3n) is 3.42. The monoisotopic (exact) mass is 273 g/mol. The van der Waals surface area contributed by atoms with E-state index >= 15 is 0 Å². The van der Waals surface area contributed by atoms with Gasteiger partial charge in [0.2, 0.25) is 0 Å². The maximum Gasteiger partial charge on any atom is 0.260 e. The van der Waals surface area contributed by atoms with Gasteiger partial charge in [0.1, 0.15) is 0 Å². The lowest BCUT2D eigenvalue weighted by molar-refractivity contribution is 0.159. The maximum atomic E-state index is 12.5. The van der Waals surface area contributed by atoms with E-state index in [0.717, 1.165) is 6.54 Å². The third-order valence-corrected chi connectivity index (χ3v) is 5.30. The lowest BCUT2D eigenvalue weighted by Crippen LogP contribution is -2.52. The van der Waals surface area contributed by atoms with Crippen LogP contribution in [0.5, 0.6) is 0 Å². The van der Waals surface area contributed by atoms with E-state index in [4.69, 9.17) is 5.73 Å². The van der Waals surface area contributed by atoms with Crippen LogP contribution in [0.3, 0.4) is 0 Å². The third kappa shape index (κ3) is 2.28. The molecular weight excluding hydrogens is 254 g/mol. The highest BCUT2D eigenvalue weighted by Crippen LogP contribution is 2.20. The molecule has 0 saturated carbocycles. The van der Waals surface area contributed by atoms with Gasteiger partial charge in [-0.3, -0.25) is 5.10 Å². The van der Waals surface area contributed by atoms with E-state index in [1.165, 1.54) is 10.5 Å². The molecule has 1 saturated heterocycles. The summed E-state index contributed by atoms with van der Waals surface area (Å²) in [4.78, 5) is 2.14. The van der Waals surface area contributed by atoms with Crippen molar-refractivity contribution in [3.05, 3.63) is 11.8 Å². The molecule has 1 aliphatic heterocycles. The van der Waals surface area contributed by atoms with Crippen LogP contribution < -0.4 is 5.73 Å². The first-order valence-corrected chi connectivity index (χ1v) is 7.33. The summed E-state index contributed by atoms with van der Waals surface area (Å²) >= 11 is 0. The van der Waals surface area contributed by atoms with Gasteiger partial charge >= 0.3 is 0 Å². The predicted molar refractivity (Wildman–Crippen MR) is 67.3 cm³/mol. The number of hydrogen-bond acceptors (Lipinski definition) is 5. The summed E-state index contributed by atoms with van der Waals surface area (Å²) in [6, 6.07) is 0.206. The fourth-order valence-corrected chi connectivity index (χ4v) is 3.66. The number of likely N-dealkylation sites (N-methyl/N-ethyl adjacent to an activating group) is 1. The van der Waals surface area contributed by atoms with Crippen molar-refractivity contribution in [2.24, 2.45) is 5.73 Å². The molecule has 0 aliphatic carbocycles. The predicted octanol–water partition coefficient (Wildman–Crippen LogP) is -0.807. The average Bonchev–Trinajstić information content (AvgIpc) is 2.81. The second-order valence-corrected chi connectivity index (χ2v) is 6.50. The van der Waals surface area contributed by atoms with Gasteiger partial charge in [-0.05, 0) is 14.0 Å². The summed E-state index contributed by atoms with van der Waals surface area (Å²) in [6.07, 6.45) is 1.46. The SMILES string of the molecule is CC1CN(S(=O)(=O)c2[nH]ncc2CN)CCN1C. The minimum Gasteiger partial charge on any atom is -0.326 e. The van der Waals surface area contributed by atoms with E-state index < -0.39 is 10.0 Å². The molecule has 2 heterocycles. The number of nitrogens with two attached hydrogens (primary N) is 1. The quantitative estimate of drug-likeness (QED) is 0.751. The molecule has 0 spiro atoms. The minimum atomic E-state index is -3.51. The van der Waals surface area contributed by atoms with Crippen LogP contribution in [0.1, 0.15) is 12.5 Å². The number of nitrogens with zero attached hydrogens (tertiary/aromatic N) is 3. The van der Waals surface area contributed by atoms with Crippen LogP contribution in [0.25, 0.3) is 0 Å². The molecule has 0 bridgehead atoms. The van der Waals surface area contributed by atoms with Gasteiger partial charge < -0.3 is 10.6 Å². The fraction of sp³-hybridized carbons (Fsp3) is 0.700. The van der Waals surface area contributed by atoms with Crippen LogP contribution in [0.15, 0.2) is 11.2 Å². The van der Waals surface area contributed by atoms with Gasteiger partial charge in [-0.15, -0.1) is 0 Å². The van der Waals surface area contributed by atoms with Gasteiger partial charge in [-0.2, -0.15) is 9.40 Å². The van der Waals surface area contributed by atoms with E-state index in [1.807, 2.05) is 14.0 Å². The number of nitrogens with one attached hydrogen (secondary N) is 1. The van der Waals surface area contributed by atoms with Gasteiger partial charge in [-0.25, -0.2) is 8.42 Å². The maximum absolute atomic E-state index is 12.5. The average molecular weight is 273 g/mol. The lowest BCUT2D eigenvalue weighted by atomic mass is 10.2. The number of H-pyrrole nitrogens is 1. The molecule has 1 aliphatic rings. The van der Waals surface area contributed by atoms with Crippen molar-refractivity contribution < 1.29 is 8.42 Å². The summed E-state index contributed by atoms with van der Waals surface area (Å²) in [7, 11) is -1.51. The minimum absolute atomic E-state index is 0.127. The van der Waals surface area contributed by atoms with Crippen molar-refractivity contribution in [1.82, 2.24) is 19.4 Å². The Labute approximate surface area is 107 Å². The molecule has 8 heteroatoms. The van der Waals surface area contributed by atoms with E-state index in [-0.39, 0.29) is 17.6 Å². The zero-order chi connectivity index (χ0) is 13.3. The molecule has 1 aromatic heterocycles. The van der Waals surface area contributed by atoms with Crippen LogP contribution in [0, 0.1) is 0 Å². The molecule has 0 amide bonds. The number of aromatic nitrogens is 2. The normalized spacial score (nSPS) is 23.4. The molecule has 7 nitrogen and oxygen atoms in total. The highest BCUT2D eigenvalue weighted by Gasteiger charge is 2.33. The van der Waals surface area contributed by atoms with Crippen molar-refractivity contribution in [2.45, 2.75) is 24.5 Å².